The van der Waals surface area contributed by atoms with Crippen LogP contribution in [0.4, 0.5) is 5.69 Å². The Labute approximate surface area is 123 Å². The molecule has 0 amide bonds. The van der Waals surface area contributed by atoms with Crippen molar-refractivity contribution in [3.8, 4) is 0 Å². The van der Waals surface area contributed by atoms with Gasteiger partial charge in [0.2, 0.25) is 0 Å². The van der Waals surface area contributed by atoms with Gasteiger partial charge in [0, 0.05) is 13.2 Å². The fourth-order valence-electron chi connectivity index (χ4n) is 2.08. The van der Waals surface area contributed by atoms with E-state index < -0.39 is 0 Å². The molecular weight excluding hydrogens is 281 g/mol. The number of hydrogen-bond donors (Lipinski definition) is 1. The standard InChI is InChI=1S/C14H17Cl2N3/c1-4-12-13(8-19(3)18-12)17-9(2)10-6-5-7-11(15)14(10)16/h5-9,17H,4H2,1-3H3. The van der Waals surface area contributed by atoms with Gasteiger partial charge in [-0.15, -0.1) is 0 Å². The Bertz CT molecular complexity index is 578. The van der Waals surface area contributed by atoms with Crippen molar-refractivity contribution in [2.45, 2.75) is 26.3 Å². The Morgan fingerprint density at radius 1 is 1.37 bits per heavy atom. The van der Waals surface area contributed by atoms with Gasteiger partial charge in [-0.3, -0.25) is 4.68 Å². The molecule has 0 radical (unpaired) electrons. The van der Waals surface area contributed by atoms with Crippen LogP contribution in [0.3, 0.4) is 0 Å². The molecule has 102 valence electrons. The Morgan fingerprint density at radius 3 is 2.79 bits per heavy atom. The SMILES string of the molecule is CCc1nn(C)cc1NC(C)c1cccc(Cl)c1Cl. The topological polar surface area (TPSA) is 29.9 Å². The molecule has 3 nitrogen and oxygen atoms in total. The van der Waals surface area contributed by atoms with E-state index in [2.05, 4.69) is 24.3 Å². The van der Waals surface area contributed by atoms with E-state index in [0.29, 0.717) is 10.0 Å². The molecule has 1 unspecified atom stereocenters. The lowest BCUT2D eigenvalue weighted by molar-refractivity contribution is 0.746. The summed E-state index contributed by atoms with van der Waals surface area (Å²) in [7, 11) is 1.92. The molecule has 2 aromatic rings. The number of anilines is 1. The van der Waals surface area contributed by atoms with Gasteiger partial charge < -0.3 is 5.32 Å². The second-order valence-electron chi connectivity index (χ2n) is 4.53. The fraction of sp³-hybridized carbons (Fsp3) is 0.357. The largest absolute Gasteiger partial charge is 0.376 e. The van der Waals surface area contributed by atoms with Crippen molar-refractivity contribution in [2.24, 2.45) is 7.05 Å². The number of aromatic nitrogens is 2. The van der Waals surface area contributed by atoms with Gasteiger partial charge in [0.15, 0.2) is 0 Å². The summed E-state index contributed by atoms with van der Waals surface area (Å²) >= 11 is 12.3. The predicted octanol–water partition coefficient (Wildman–Crippen LogP) is 4.46. The van der Waals surface area contributed by atoms with E-state index in [1.54, 1.807) is 6.07 Å². The maximum Gasteiger partial charge on any atom is 0.0853 e. The maximum atomic E-state index is 6.24. The Hall–Kier alpha value is -1.19. The van der Waals surface area contributed by atoms with Crippen LogP contribution in [0.2, 0.25) is 10.0 Å². The van der Waals surface area contributed by atoms with E-state index >= 15 is 0 Å². The number of halogens is 2. The minimum absolute atomic E-state index is 0.0701. The van der Waals surface area contributed by atoms with Gasteiger partial charge in [0.05, 0.1) is 27.5 Å². The van der Waals surface area contributed by atoms with Gasteiger partial charge in [-0.1, -0.05) is 42.3 Å². The normalized spacial score (nSPS) is 12.5. The summed E-state index contributed by atoms with van der Waals surface area (Å²) in [6, 6.07) is 5.75. The molecule has 0 aliphatic carbocycles. The number of aryl methyl sites for hydroxylation is 2. The summed E-state index contributed by atoms with van der Waals surface area (Å²) in [5.74, 6) is 0. The summed E-state index contributed by atoms with van der Waals surface area (Å²) < 4.78 is 1.81. The third kappa shape index (κ3) is 3.04. The highest BCUT2D eigenvalue weighted by atomic mass is 35.5. The number of rotatable bonds is 4. The van der Waals surface area contributed by atoms with Crippen molar-refractivity contribution in [2.75, 3.05) is 5.32 Å². The molecule has 1 aromatic heterocycles. The molecule has 5 heteroatoms. The predicted molar refractivity (Wildman–Crippen MR) is 81.1 cm³/mol. The van der Waals surface area contributed by atoms with Gasteiger partial charge in [-0.25, -0.2) is 0 Å². The molecule has 0 saturated heterocycles. The first kappa shape index (κ1) is 14.2. The van der Waals surface area contributed by atoms with Crippen LogP contribution >= 0.6 is 23.2 Å². The van der Waals surface area contributed by atoms with Crippen molar-refractivity contribution in [1.82, 2.24) is 9.78 Å². The molecule has 0 aliphatic heterocycles. The molecule has 1 aromatic carbocycles. The molecule has 0 aliphatic rings. The fourth-order valence-corrected chi connectivity index (χ4v) is 2.55. The molecule has 19 heavy (non-hydrogen) atoms. The molecule has 1 heterocycles. The quantitative estimate of drug-likeness (QED) is 0.903. The van der Waals surface area contributed by atoms with Gasteiger partial charge in [-0.2, -0.15) is 5.10 Å². The summed E-state index contributed by atoms with van der Waals surface area (Å²) in [5, 5.41) is 9.03. The van der Waals surface area contributed by atoms with Crippen molar-refractivity contribution in [3.05, 3.63) is 45.7 Å². The Balaban J connectivity index is 2.25. The van der Waals surface area contributed by atoms with E-state index in [4.69, 9.17) is 23.2 Å². The van der Waals surface area contributed by atoms with Gasteiger partial charge in [0.25, 0.3) is 0 Å². The Kier molecular flexibility index (Phi) is 4.38. The molecule has 0 bridgehead atoms. The van der Waals surface area contributed by atoms with Crippen LogP contribution in [-0.2, 0) is 13.5 Å². The van der Waals surface area contributed by atoms with E-state index in [1.165, 1.54) is 0 Å². The first-order valence-corrected chi connectivity index (χ1v) is 7.01. The van der Waals surface area contributed by atoms with Crippen molar-refractivity contribution in [3.63, 3.8) is 0 Å². The monoisotopic (exact) mass is 297 g/mol. The average Bonchev–Trinajstić information content (AvgIpc) is 2.72. The van der Waals surface area contributed by atoms with Crippen LogP contribution in [0, 0.1) is 0 Å². The molecule has 1 N–H and O–H groups in total. The zero-order valence-corrected chi connectivity index (χ0v) is 12.8. The third-order valence-electron chi connectivity index (χ3n) is 3.06. The Morgan fingerprint density at radius 2 is 2.11 bits per heavy atom. The van der Waals surface area contributed by atoms with Crippen LogP contribution in [0.5, 0.6) is 0 Å². The zero-order chi connectivity index (χ0) is 14.0. The minimum Gasteiger partial charge on any atom is -0.376 e. The van der Waals surface area contributed by atoms with E-state index in [9.17, 15) is 0 Å². The molecule has 1 atom stereocenters. The smallest absolute Gasteiger partial charge is 0.0853 e. The van der Waals surface area contributed by atoms with Gasteiger partial charge in [-0.05, 0) is 25.0 Å². The molecule has 0 fully saturated rings. The van der Waals surface area contributed by atoms with E-state index in [-0.39, 0.29) is 6.04 Å². The summed E-state index contributed by atoms with van der Waals surface area (Å²) in [6.07, 6.45) is 2.87. The maximum absolute atomic E-state index is 6.24. The number of nitrogens with one attached hydrogen (secondary N) is 1. The lowest BCUT2D eigenvalue weighted by Gasteiger charge is -2.17. The zero-order valence-electron chi connectivity index (χ0n) is 11.2. The van der Waals surface area contributed by atoms with Crippen molar-refractivity contribution in [1.29, 1.82) is 0 Å². The summed E-state index contributed by atoms with van der Waals surface area (Å²) in [5.41, 5.74) is 3.07. The number of hydrogen-bond acceptors (Lipinski definition) is 2. The average molecular weight is 298 g/mol. The van der Waals surface area contributed by atoms with Gasteiger partial charge >= 0.3 is 0 Å². The molecule has 0 saturated carbocycles. The molecule has 2 rings (SSSR count). The lowest BCUT2D eigenvalue weighted by atomic mass is 10.1. The van der Waals surface area contributed by atoms with Gasteiger partial charge in [0.1, 0.15) is 0 Å². The third-order valence-corrected chi connectivity index (χ3v) is 3.89. The van der Waals surface area contributed by atoms with Crippen molar-refractivity contribution < 1.29 is 0 Å². The van der Waals surface area contributed by atoms with Crippen LogP contribution in [0.1, 0.15) is 31.1 Å². The first-order valence-electron chi connectivity index (χ1n) is 6.26. The van der Waals surface area contributed by atoms with E-state index in [1.807, 2.05) is 30.1 Å². The summed E-state index contributed by atoms with van der Waals surface area (Å²) in [4.78, 5) is 0. The number of nitrogens with zero attached hydrogens (tertiary/aromatic N) is 2. The van der Waals surface area contributed by atoms with Crippen LogP contribution in [0.15, 0.2) is 24.4 Å². The second-order valence-corrected chi connectivity index (χ2v) is 5.31. The lowest BCUT2D eigenvalue weighted by Crippen LogP contribution is -2.08. The highest BCUT2D eigenvalue weighted by Crippen LogP contribution is 2.31. The second kappa shape index (κ2) is 5.85. The highest BCUT2D eigenvalue weighted by Gasteiger charge is 2.14. The first-order chi connectivity index (χ1) is 9.02. The molecule has 0 spiro atoms. The van der Waals surface area contributed by atoms with Crippen LogP contribution in [-0.4, -0.2) is 9.78 Å². The van der Waals surface area contributed by atoms with E-state index in [0.717, 1.165) is 23.4 Å². The summed E-state index contributed by atoms with van der Waals surface area (Å²) in [6.45, 7) is 4.15. The minimum atomic E-state index is 0.0701. The number of benzene rings is 1. The van der Waals surface area contributed by atoms with Crippen LogP contribution < -0.4 is 5.32 Å². The highest BCUT2D eigenvalue weighted by molar-refractivity contribution is 6.42. The molecular formula is C14H17Cl2N3. The van der Waals surface area contributed by atoms with Crippen molar-refractivity contribution >= 4 is 28.9 Å². The van der Waals surface area contributed by atoms with Crippen LogP contribution in [0.25, 0.3) is 0 Å².